The van der Waals surface area contributed by atoms with Crippen LogP contribution in [-0.2, 0) is 10.3 Å². The molecule has 1 saturated heterocycles. The van der Waals surface area contributed by atoms with Crippen LogP contribution in [0.4, 0.5) is 4.79 Å². The van der Waals surface area contributed by atoms with Crippen molar-refractivity contribution in [2.45, 2.75) is 96.1 Å². The molecule has 1 aliphatic heterocycles. The summed E-state index contributed by atoms with van der Waals surface area (Å²) in [4.78, 5) is 15.4. The van der Waals surface area contributed by atoms with Gasteiger partial charge in [-0.1, -0.05) is 61.4 Å². The van der Waals surface area contributed by atoms with Crippen LogP contribution >= 0.6 is 0 Å². The van der Waals surface area contributed by atoms with Crippen molar-refractivity contribution in [3.63, 3.8) is 0 Å². The third-order valence-electron chi connectivity index (χ3n) is 8.38. The number of nitrogens with zero attached hydrogens (tertiary/aromatic N) is 1. The lowest BCUT2D eigenvalue weighted by Crippen LogP contribution is -2.54. The highest BCUT2D eigenvalue weighted by Gasteiger charge is 2.41. The molecule has 0 unspecified atom stereocenters. The lowest BCUT2D eigenvalue weighted by molar-refractivity contribution is -0.0564. The van der Waals surface area contributed by atoms with Crippen LogP contribution in [0.15, 0.2) is 18.2 Å². The second-order valence-electron chi connectivity index (χ2n) is 11.5. The van der Waals surface area contributed by atoms with Crippen molar-refractivity contribution in [3.05, 3.63) is 34.9 Å². The first kappa shape index (κ1) is 28.9. The summed E-state index contributed by atoms with van der Waals surface area (Å²) in [6.45, 7) is 7.04. The number of rotatable bonds is 12. The number of likely N-dealkylation sites (N-methyl/N-ethyl adjacent to an activating group) is 1. The second kappa shape index (κ2) is 14.3. The Hall–Kier alpha value is -1.63. The number of ether oxygens (including phenoxy) is 1. The maximum Gasteiger partial charge on any atom is 0.317 e. The summed E-state index contributed by atoms with van der Waals surface area (Å²) >= 11 is 0. The molecule has 6 heteroatoms. The minimum Gasteiger partial charge on any atom is -0.385 e. The Morgan fingerprint density at radius 2 is 1.83 bits per heavy atom. The third kappa shape index (κ3) is 8.19. The first-order chi connectivity index (χ1) is 17.4. The van der Waals surface area contributed by atoms with Crippen LogP contribution in [-0.4, -0.2) is 62.5 Å². The Balaban J connectivity index is 1.71. The van der Waals surface area contributed by atoms with Crippen molar-refractivity contribution in [1.82, 2.24) is 15.5 Å². The molecule has 0 spiro atoms. The van der Waals surface area contributed by atoms with E-state index in [2.05, 4.69) is 42.7 Å². The van der Waals surface area contributed by atoms with Crippen LogP contribution in [0.2, 0.25) is 0 Å². The Bertz CT molecular complexity index is 790. The number of hydrogen-bond acceptors (Lipinski definition) is 4. The van der Waals surface area contributed by atoms with E-state index >= 15 is 0 Å². The van der Waals surface area contributed by atoms with E-state index in [0.29, 0.717) is 25.5 Å². The van der Waals surface area contributed by atoms with Crippen LogP contribution in [0, 0.1) is 25.7 Å². The number of hydrogen-bond donors (Lipinski definition) is 3. The van der Waals surface area contributed by atoms with Crippen molar-refractivity contribution >= 4 is 6.03 Å². The van der Waals surface area contributed by atoms with E-state index in [9.17, 15) is 9.90 Å². The summed E-state index contributed by atoms with van der Waals surface area (Å²) in [5.41, 5.74) is 2.39. The zero-order valence-electron chi connectivity index (χ0n) is 23.3. The van der Waals surface area contributed by atoms with Gasteiger partial charge in [0.15, 0.2) is 0 Å². The van der Waals surface area contributed by atoms with Gasteiger partial charge in [-0.25, -0.2) is 4.79 Å². The van der Waals surface area contributed by atoms with Gasteiger partial charge in [0.25, 0.3) is 0 Å². The first-order valence-electron chi connectivity index (χ1n) is 14.4. The smallest absolute Gasteiger partial charge is 0.317 e. The standard InChI is InChI=1S/C30H51N3O3/c1-23-17-24(2)19-27(18-23)30(35,14-8-9-16-36-4)26-13-10-15-33(22-26)29(34)32-28(21-31-3)20-25-11-6-5-7-12-25/h17-19,25-26,28,31,35H,5-16,20-22H2,1-4H3,(H,32,34)/t26-,28+,30+/m1/s1. The largest absolute Gasteiger partial charge is 0.385 e. The van der Waals surface area contributed by atoms with Gasteiger partial charge < -0.3 is 25.4 Å². The molecule has 0 radical (unpaired) electrons. The highest BCUT2D eigenvalue weighted by molar-refractivity contribution is 5.74. The fraction of sp³-hybridized carbons (Fsp3) is 0.767. The van der Waals surface area contributed by atoms with Gasteiger partial charge in [0.2, 0.25) is 0 Å². The maximum absolute atomic E-state index is 13.4. The number of carbonyl (C=O) groups is 1. The molecule has 1 aromatic carbocycles. The van der Waals surface area contributed by atoms with E-state index in [1.165, 1.54) is 43.2 Å². The number of nitrogens with one attached hydrogen (secondary N) is 2. The fourth-order valence-corrected chi connectivity index (χ4v) is 6.53. The molecule has 6 nitrogen and oxygen atoms in total. The summed E-state index contributed by atoms with van der Waals surface area (Å²) in [7, 11) is 3.69. The normalized spacial score (nSPS) is 21.7. The average molecular weight is 502 g/mol. The van der Waals surface area contributed by atoms with Gasteiger partial charge in [-0.05, 0) is 70.9 Å². The van der Waals surface area contributed by atoms with Crippen LogP contribution in [0.1, 0.15) is 87.3 Å². The predicted octanol–water partition coefficient (Wildman–Crippen LogP) is 5.29. The molecular weight excluding hydrogens is 450 g/mol. The van der Waals surface area contributed by atoms with Crippen molar-refractivity contribution in [3.8, 4) is 0 Å². The van der Waals surface area contributed by atoms with Crippen LogP contribution < -0.4 is 10.6 Å². The zero-order chi connectivity index (χ0) is 26.0. The molecule has 1 aromatic rings. The molecule has 204 valence electrons. The first-order valence-corrected chi connectivity index (χ1v) is 14.4. The number of methoxy groups -OCH3 is 1. The third-order valence-corrected chi connectivity index (χ3v) is 8.38. The fourth-order valence-electron chi connectivity index (χ4n) is 6.53. The number of amides is 2. The number of aliphatic hydroxyl groups is 1. The topological polar surface area (TPSA) is 73.8 Å². The lowest BCUT2D eigenvalue weighted by atomic mass is 9.73. The molecule has 3 rings (SSSR count). The number of aryl methyl sites for hydroxylation is 2. The van der Waals surface area contributed by atoms with Crippen molar-refractivity contribution in [1.29, 1.82) is 0 Å². The number of urea groups is 1. The van der Waals surface area contributed by atoms with Gasteiger partial charge in [0, 0.05) is 45.3 Å². The Morgan fingerprint density at radius 1 is 1.11 bits per heavy atom. The van der Waals surface area contributed by atoms with E-state index in [-0.39, 0.29) is 18.0 Å². The summed E-state index contributed by atoms with van der Waals surface area (Å²) in [5, 5.41) is 18.9. The lowest BCUT2D eigenvalue weighted by Gasteiger charge is -2.43. The minimum absolute atomic E-state index is 0.0156. The molecule has 36 heavy (non-hydrogen) atoms. The molecule has 0 aromatic heterocycles. The summed E-state index contributed by atoms with van der Waals surface area (Å²) < 4.78 is 5.26. The molecule has 1 heterocycles. The maximum atomic E-state index is 13.4. The van der Waals surface area contributed by atoms with Gasteiger partial charge in [-0.2, -0.15) is 0 Å². The molecule has 1 aliphatic carbocycles. The quantitative estimate of drug-likeness (QED) is 0.340. The second-order valence-corrected chi connectivity index (χ2v) is 11.5. The molecule has 1 saturated carbocycles. The number of benzene rings is 1. The van der Waals surface area contributed by atoms with Crippen molar-refractivity contribution in [2.24, 2.45) is 11.8 Å². The minimum atomic E-state index is -0.948. The molecule has 3 N–H and O–H groups in total. The van der Waals surface area contributed by atoms with Crippen molar-refractivity contribution < 1.29 is 14.6 Å². The van der Waals surface area contributed by atoms with E-state index in [1.54, 1.807) is 7.11 Å². The molecule has 2 aliphatic rings. The van der Waals surface area contributed by atoms with E-state index in [4.69, 9.17) is 4.74 Å². The number of likely N-dealkylation sites (tertiary alicyclic amines) is 1. The highest BCUT2D eigenvalue weighted by atomic mass is 16.5. The Kier molecular flexibility index (Phi) is 11.5. The van der Waals surface area contributed by atoms with Crippen molar-refractivity contribution in [2.75, 3.05) is 40.4 Å². The zero-order valence-corrected chi connectivity index (χ0v) is 23.3. The Labute approximate surface area is 219 Å². The van der Waals surface area contributed by atoms with Gasteiger partial charge in [0.1, 0.15) is 0 Å². The molecule has 3 atom stereocenters. The number of piperidine rings is 1. The molecule has 2 amide bonds. The molecular formula is C30H51N3O3. The summed E-state index contributed by atoms with van der Waals surface area (Å²) in [6.07, 6.45) is 12.0. The number of unbranched alkanes of at least 4 members (excludes halogenated alkanes) is 1. The monoisotopic (exact) mass is 501 g/mol. The van der Waals surface area contributed by atoms with E-state index in [0.717, 1.165) is 50.8 Å². The predicted molar refractivity (Wildman–Crippen MR) is 147 cm³/mol. The van der Waals surface area contributed by atoms with Gasteiger partial charge in [-0.3, -0.25) is 0 Å². The summed E-state index contributed by atoms with van der Waals surface area (Å²) in [5.74, 6) is 0.732. The summed E-state index contributed by atoms with van der Waals surface area (Å²) in [6, 6.07) is 6.60. The molecule has 0 bridgehead atoms. The highest BCUT2D eigenvalue weighted by Crippen LogP contribution is 2.40. The van der Waals surface area contributed by atoms with Crippen LogP contribution in [0.5, 0.6) is 0 Å². The van der Waals surface area contributed by atoms with Gasteiger partial charge in [0.05, 0.1) is 5.60 Å². The van der Waals surface area contributed by atoms with Gasteiger partial charge >= 0.3 is 6.03 Å². The van der Waals surface area contributed by atoms with E-state index in [1.807, 2.05) is 11.9 Å². The van der Waals surface area contributed by atoms with Crippen LogP contribution in [0.3, 0.4) is 0 Å². The van der Waals surface area contributed by atoms with E-state index < -0.39 is 5.60 Å². The number of carbonyl (C=O) groups excluding carboxylic acids is 1. The molecule has 2 fully saturated rings. The van der Waals surface area contributed by atoms with Gasteiger partial charge in [-0.15, -0.1) is 0 Å². The SMILES string of the molecule is CNC[C@H](CC1CCCCC1)NC(=O)N1CCC[C@@H]([C@@](O)(CCCCOC)c2cc(C)cc(C)c2)C1. The Morgan fingerprint density at radius 3 is 2.50 bits per heavy atom. The average Bonchev–Trinajstić information content (AvgIpc) is 2.87. The van der Waals surface area contributed by atoms with Crippen LogP contribution in [0.25, 0.3) is 0 Å².